The summed E-state index contributed by atoms with van der Waals surface area (Å²) in [4.78, 5) is 36.4. The molecular weight excluding hydrogens is 350 g/mol. The number of nitrogens with one attached hydrogen (secondary N) is 3. The van der Waals surface area contributed by atoms with Crippen molar-refractivity contribution in [3.05, 3.63) is 51.9 Å². The fraction of sp³-hybridized carbons (Fsp3) is 0.316. The van der Waals surface area contributed by atoms with Crippen molar-refractivity contribution in [2.24, 2.45) is 5.92 Å². The van der Waals surface area contributed by atoms with Gasteiger partial charge in [-0.1, -0.05) is 12.1 Å². The van der Waals surface area contributed by atoms with Gasteiger partial charge in [0.1, 0.15) is 0 Å². The lowest BCUT2D eigenvalue weighted by atomic mass is 10.1. The van der Waals surface area contributed by atoms with Gasteiger partial charge in [-0.2, -0.15) is 0 Å². The van der Waals surface area contributed by atoms with Crippen LogP contribution in [-0.2, 0) is 11.3 Å². The minimum absolute atomic E-state index is 0.0365. The number of anilines is 1. The van der Waals surface area contributed by atoms with Crippen molar-refractivity contribution in [1.29, 1.82) is 0 Å². The van der Waals surface area contributed by atoms with Gasteiger partial charge in [0.2, 0.25) is 5.91 Å². The number of rotatable bonds is 6. The van der Waals surface area contributed by atoms with Crippen molar-refractivity contribution in [1.82, 2.24) is 10.6 Å². The van der Waals surface area contributed by atoms with Gasteiger partial charge >= 0.3 is 0 Å². The van der Waals surface area contributed by atoms with E-state index in [0.29, 0.717) is 22.0 Å². The summed E-state index contributed by atoms with van der Waals surface area (Å²) in [7, 11) is 1.58. The quantitative estimate of drug-likeness (QED) is 0.730. The van der Waals surface area contributed by atoms with Gasteiger partial charge in [-0.3, -0.25) is 14.4 Å². The number of hydrogen-bond acceptors (Lipinski definition) is 4. The van der Waals surface area contributed by atoms with Gasteiger partial charge in [-0.25, -0.2) is 0 Å². The zero-order valence-corrected chi connectivity index (χ0v) is 15.5. The summed E-state index contributed by atoms with van der Waals surface area (Å²) in [6.07, 6.45) is 1.89. The maximum atomic E-state index is 12.4. The van der Waals surface area contributed by atoms with Crippen molar-refractivity contribution in [3.63, 3.8) is 0 Å². The third kappa shape index (κ3) is 4.29. The van der Waals surface area contributed by atoms with Crippen LogP contribution in [0.1, 0.15) is 44.0 Å². The minimum atomic E-state index is -0.171. The van der Waals surface area contributed by atoms with E-state index in [4.69, 9.17) is 0 Å². The Hall–Kier alpha value is -2.67. The Labute approximate surface area is 156 Å². The molecule has 3 N–H and O–H groups in total. The number of hydrogen-bond donors (Lipinski definition) is 3. The topological polar surface area (TPSA) is 87.3 Å². The average molecular weight is 371 g/mol. The molecule has 1 aromatic carbocycles. The second-order valence-electron chi connectivity index (χ2n) is 6.35. The van der Waals surface area contributed by atoms with Crippen LogP contribution < -0.4 is 16.0 Å². The first-order chi connectivity index (χ1) is 12.5. The van der Waals surface area contributed by atoms with Crippen LogP contribution in [0.4, 0.5) is 5.00 Å². The molecule has 1 aliphatic rings. The summed E-state index contributed by atoms with van der Waals surface area (Å²) in [6, 6.07) is 8.91. The largest absolute Gasteiger partial charge is 0.355 e. The summed E-state index contributed by atoms with van der Waals surface area (Å²) < 4.78 is 0. The molecule has 2 aromatic rings. The highest BCUT2D eigenvalue weighted by molar-refractivity contribution is 7.18. The van der Waals surface area contributed by atoms with Crippen molar-refractivity contribution < 1.29 is 14.4 Å². The Morgan fingerprint density at radius 1 is 1.12 bits per heavy atom. The fourth-order valence-electron chi connectivity index (χ4n) is 2.52. The molecule has 0 spiro atoms. The van der Waals surface area contributed by atoms with Gasteiger partial charge in [-0.15, -0.1) is 11.3 Å². The Morgan fingerprint density at radius 3 is 2.42 bits per heavy atom. The molecule has 1 aromatic heterocycles. The molecule has 7 heteroatoms. The Kier molecular flexibility index (Phi) is 5.37. The van der Waals surface area contributed by atoms with Gasteiger partial charge < -0.3 is 16.0 Å². The van der Waals surface area contributed by atoms with Crippen molar-refractivity contribution in [2.45, 2.75) is 26.3 Å². The average Bonchev–Trinajstić information content (AvgIpc) is 3.43. The molecule has 0 bridgehead atoms. The van der Waals surface area contributed by atoms with Crippen LogP contribution in [0.5, 0.6) is 0 Å². The Morgan fingerprint density at radius 2 is 1.81 bits per heavy atom. The van der Waals surface area contributed by atoms with E-state index in [-0.39, 0.29) is 23.6 Å². The molecule has 1 saturated carbocycles. The zero-order valence-electron chi connectivity index (χ0n) is 14.7. The highest BCUT2D eigenvalue weighted by Gasteiger charge is 2.30. The number of thiophene rings is 1. The standard InChI is InChI=1S/C19H21N3O3S/c1-11-9-15(22-18(24)14-7-8-14)26-16(11)19(25)21-10-12-3-5-13(6-4-12)17(23)20-2/h3-6,9,14H,7-8,10H2,1-2H3,(H,20,23)(H,21,25)(H,22,24). The Balaban J connectivity index is 1.58. The van der Waals surface area contributed by atoms with E-state index in [0.717, 1.165) is 24.0 Å². The molecule has 136 valence electrons. The predicted octanol–water partition coefficient (Wildman–Crippen LogP) is 2.69. The van der Waals surface area contributed by atoms with E-state index in [9.17, 15) is 14.4 Å². The molecule has 0 atom stereocenters. The molecule has 3 rings (SSSR count). The molecule has 3 amide bonds. The SMILES string of the molecule is CNC(=O)c1ccc(CNC(=O)c2sc(NC(=O)C3CC3)cc2C)cc1. The van der Waals surface area contributed by atoms with Crippen LogP contribution in [0.25, 0.3) is 0 Å². The van der Waals surface area contributed by atoms with Gasteiger partial charge in [0.15, 0.2) is 0 Å². The second kappa shape index (κ2) is 7.70. The molecule has 0 radical (unpaired) electrons. The predicted molar refractivity (Wildman–Crippen MR) is 101 cm³/mol. The molecule has 1 fully saturated rings. The monoisotopic (exact) mass is 371 g/mol. The van der Waals surface area contributed by atoms with Gasteiger partial charge in [-0.05, 0) is 49.1 Å². The first kappa shape index (κ1) is 18.1. The summed E-state index contributed by atoms with van der Waals surface area (Å²) in [5, 5.41) is 9.03. The highest BCUT2D eigenvalue weighted by Crippen LogP contribution is 2.32. The molecule has 0 saturated heterocycles. The summed E-state index contributed by atoms with van der Waals surface area (Å²) in [6.45, 7) is 2.23. The molecule has 6 nitrogen and oxygen atoms in total. The zero-order chi connectivity index (χ0) is 18.7. The van der Waals surface area contributed by atoms with Crippen LogP contribution in [0.15, 0.2) is 30.3 Å². The van der Waals surface area contributed by atoms with E-state index < -0.39 is 0 Å². The van der Waals surface area contributed by atoms with E-state index in [2.05, 4.69) is 16.0 Å². The van der Waals surface area contributed by atoms with Gasteiger partial charge in [0.25, 0.3) is 11.8 Å². The van der Waals surface area contributed by atoms with Crippen molar-refractivity contribution in [2.75, 3.05) is 12.4 Å². The van der Waals surface area contributed by atoms with E-state index >= 15 is 0 Å². The lowest BCUT2D eigenvalue weighted by Crippen LogP contribution is -2.22. The first-order valence-electron chi connectivity index (χ1n) is 8.48. The van der Waals surface area contributed by atoms with Crippen LogP contribution in [0, 0.1) is 12.8 Å². The van der Waals surface area contributed by atoms with E-state index in [1.807, 2.05) is 25.1 Å². The molecule has 1 aliphatic carbocycles. The Bertz CT molecular complexity index is 838. The number of aryl methyl sites for hydroxylation is 1. The lowest BCUT2D eigenvalue weighted by Gasteiger charge is -2.06. The number of carbonyl (C=O) groups excluding carboxylic acids is 3. The normalized spacial score (nSPS) is 13.2. The summed E-state index contributed by atoms with van der Waals surface area (Å²) in [5.74, 6) is -0.146. The van der Waals surface area contributed by atoms with Crippen LogP contribution in [-0.4, -0.2) is 24.8 Å². The first-order valence-corrected chi connectivity index (χ1v) is 9.30. The fourth-order valence-corrected chi connectivity index (χ4v) is 3.51. The van der Waals surface area contributed by atoms with E-state index in [1.165, 1.54) is 11.3 Å². The van der Waals surface area contributed by atoms with E-state index in [1.54, 1.807) is 19.2 Å². The van der Waals surface area contributed by atoms with Crippen LogP contribution >= 0.6 is 11.3 Å². The number of benzene rings is 1. The highest BCUT2D eigenvalue weighted by atomic mass is 32.1. The van der Waals surface area contributed by atoms with Gasteiger partial charge in [0.05, 0.1) is 9.88 Å². The number of amides is 3. The lowest BCUT2D eigenvalue weighted by molar-refractivity contribution is -0.117. The molecule has 26 heavy (non-hydrogen) atoms. The van der Waals surface area contributed by atoms with Crippen molar-refractivity contribution in [3.8, 4) is 0 Å². The molecule has 1 heterocycles. The van der Waals surface area contributed by atoms with Crippen LogP contribution in [0.3, 0.4) is 0 Å². The smallest absolute Gasteiger partial charge is 0.261 e. The molecular formula is C19H21N3O3S. The van der Waals surface area contributed by atoms with Crippen LogP contribution in [0.2, 0.25) is 0 Å². The second-order valence-corrected chi connectivity index (χ2v) is 7.40. The summed E-state index contributed by atoms with van der Waals surface area (Å²) in [5.41, 5.74) is 2.32. The maximum absolute atomic E-state index is 12.4. The third-order valence-electron chi connectivity index (χ3n) is 4.21. The third-order valence-corrected chi connectivity index (χ3v) is 5.37. The van der Waals surface area contributed by atoms with Gasteiger partial charge in [0, 0.05) is 25.1 Å². The number of carbonyl (C=O) groups is 3. The summed E-state index contributed by atoms with van der Waals surface area (Å²) >= 11 is 1.29. The van der Waals surface area contributed by atoms with Crippen molar-refractivity contribution >= 4 is 34.1 Å². The molecule has 0 unspecified atom stereocenters. The molecule has 0 aliphatic heterocycles. The minimum Gasteiger partial charge on any atom is -0.355 e. The maximum Gasteiger partial charge on any atom is 0.261 e.